The van der Waals surface area contributed by atoms with E-state index >= 15 is 0 Å². The maximum atomic E-state index is 13.5. The second-order valence-electron chi connectivity index (χ2n) is 9.34. The molecule has 0 radical (unpaired) electrons. The Morgan fingerprint density at radius 2 is 2.15 bits per heavy atom. The molecular formula is C24H26ClN5O3. The fraction of sp³-hybridized carbons (Fsp3) is 0.500. The van der Waals surface area contributed by atoms with Crippen LogP contribution in [-0.4, -0.2) is 52.8 Å². The van der Waals surface area contributed by atoms with Crippen molar-refractivity contribution in [2.75, 3.05) is 13.1 Å². The minimum atomic E-state index is -0.768. The van der Waals surface area contributed by atoms with Crippen molar-refractivity contribution in [2.24, 2.45) is 17.8 Å². The van der Waals surface area contributed by atoms with Gasteiger partial charge >= 0.3 is 0 Å². The van der Waals surface area contributed by atoms with Gasteiger partial charge in [-0.1, -0.05) is 24.1 Å². The van der Waals surface area contributed by atoms with E-state index in [1.807, 2.05) is 12.1 Å². The van der Waals surface area contributed by atoms with E-state index < -0.39 is 12.1 Å². The normalized spacial score (nSPS) is 27.3. The maximum absolute atomic E-state index is 13.5. The van der Waals surface area contributed by atoms with Crippen LogP contribution >= 0.6 is 11.6 Å². The first kappa shape index (κ1) is 21.8. The zero-order valence-electron chi connectivity index (χ0n) is 18.1. The summed E-state index contributed by atoms with van der Waals surface area (Å²) in [6.45, 7) is 1.12. The molecular weight excluding hydrogens is 442 g/mol. The molecule has 3 N–H and O–H groups in total. The molecule has 2 saturated heterocycles. The Hall–Kier alpha value is -3.05. The van der Waals surface area contributed by atoms with Crippen molar-refractivity contribution in [1.82, 2.24) is 20.5 Å². The van der Waals surface area contributed by atoms with Crippen LogP contribution in [0.3, 0.4) is 0 Å². The lowest BCUT2D eigenvalue weighted by atomic mass is 9.92. The summed E-state index contributed by atoms with van der Waals surface area (Å²) in [4.78, 5) is 43.6. The van der Waals surface area contributed by atoms with Gasteiger partial charge in [0.1, 0.15) is 17.8 Å². The van der Waals surface area contributed by atoms with Gasteiger partial charge in [-0.15, -0.1) is 0 Å². The average Bonchev–Trinajstić information content (AvgIpc) is 3.56. The van der Waals surface area contributed by atoms with Gasteiger partial charge in [0.2, 0.25) is 11.8 Å². The number of aromatic nitrogens is 1. The molecule has 2 aromatic rings. The average molecular weight is 468 g/mol. The van der Waals surface area contributed by atoms with Crippen LogP contribution in [0, 0.1) is 29.1 Å². The molecule has 1 aromatic heterocycles. The predicted molar refractivity (Wildman–Crippen MR) is 122 cm³/mol. The molecule has 1 aromatic carbocycles. The first-order valence-corrected chi connectivity index (χ1v) is 11.9. The minimum absolute atomic E-state index is 0.0736. The van der Waals surface area contributed by atoms with E-state index in [1.165, 1.54) is 0 Å². The van der Waals surface area contributed by atoms with Gasteiger partial charge in [-0.3, -0.25) is 14.4 Å². The molecule has 5 atom stereocenters. The van der Waals surface area contributed by atoms with E-state index in [9.17, 15) is 19.6 Å². The zero-order chi connectivity index (χ0) is 23.1. The van der Waals surface area contributed by atoms with Crippen molar-refractivity contribution in [3.8, 4) is 6.07 Å². The lowest BCUT2D eigenvalue weighted by Gasteiger charge is -2.28. The number of nitriles is 1. The van der Waals surface area contributed by atoms with Crippen LogP contribution < -0.4 is 10.6 Å². The third kappa shape index (κ3) is 3.95. The number of aromatic amines is 1. The molecule has 0 spiro atoms. The molecule has 3 fully saturated rings. The minimum Gasteiger partial charge on any atom is -0.356 e. The number of carbonyl (C=O) groups excluding carboxylic acids is 3. The molecule has 172 valence electrons. The standard InChI is InChI=1S/C24H26ClN5O3/c25-18-5-2-6-19-17(18)10-20(29-19)24(33)30-12-14-3-1-4-16(14)21(30)23(32)28-15(11-26)9-13-7-8-27-22(13)31/h2,5-6,10,13-16,21,29H,1,3-4,7-9,12H2,(H,27,31)(H,28,32)/t13-,14?,15-,16?,21?/m0/s1. The van der Waals surface area contributed by atoms with Gasteiger partial charge in [-0.05, 0) is 55.7 Å². The van der Waals surface area contributed by atoms with E-state index in [0.717, 1.165) is 30.2 Å². The summed E-state index contributed by atoms with van der Waals surface area (Å²) in [7, 11) is 0. The largest absolute Gasteiger partial charge is 0.356 e. The highest BCUT2D eigenvalue weighted by Gasteiger charge is 2.50. The Morgan fingerprint density at radius 1 is 1.30 bits per heavy atom. The van der Waals surface area contributed by atoms with Crippen LogP contribution in [0.4, 0.5) is 0 Å². The number of nitrogens with one attached hydrogen (secondary N) is 3. The number of H-pyrrole nitrogens is 1. The van der Waals surface area contributed by atoms with E-state index in [0.29, 0.717) is 30.2 Å². The molecule has 8 nitrogen and oxygen atoms in total. The van der Waals surface area contributed by atoms with E-state index in [4.69, 9.17) is 11.6 Å². The van der Waals surface area contributed by atoms with Gasteiger partial charge in [-0.25, -0.2) is 0 Å². The number of rotatable bonds is 5. The van der Waals surface area contributed by atoms with Crippen LogP contribution in [0.5, 0.6) is 0 Å². The molecule has 9 heteroatoms. The van der Waals surface area contributed by atoms with Crippen molar-refractivity contribution in [3.05, 3.63) is 35.0 Å². The van der Waals surface area contributed by atoms with Crippen molar-refractivity contribution < 1.29 is 14.4 Å². The van der Waals surface area contributed by atoms with E-state index in [2.05, 4.69) is 21.7 Å². The van der Waals surface area contributed by atoms with Crippen molar-refractivity contribution >= 4 is 40.2 Å². The number of halogens is 1. The second kappa shape index (κ2) is 8.71. The van der Waals surface area contributed by atoms with Crippen molar-refractivity contribution in [2.45, 2.75) is 44.2 Å². The van der Waals surface area contributed by atoms with Crippen LogP contribution in [0.25, 0.3) is 10.9 Å². The fourth-order valence-corrected chi connectivity index (χ4v) is 6.02. The molecule has 0 bridgehead atoms. The smallest absolute Gasteiger partial charge is 0.271 e. The Balaban J connectivity index is 1.37. The number of amides is 3. The molecule has 1 aliphatic carbocycles. The number of carbonyl (C=O) groups is 3. The SMILES string of the molecule is N#C[C@H](C[C@@H]1CCNC1=O)NC(=O)C1C2CCCC2CN1C(=O)c1cc2c(Cl)cccc2[nH]1. The Morgan fingerprint density at radius 3 is 2.88 bits per heavy atom. The molecule has 3 amide bonds. The van der Waals surface area contributed by atoms with Gasteiger partial charge in [0.05, 0.1) is 6.07 Å². The number of hydrogen-bond acceptors (Lipinski definition) is 4. The van der Waals surface area contributed by atoms with Crippen LogP contribution in [0.15, 0.2) is 24.3 Å². The number of benzene rings is 1. The summed E-state index contributed by atoms with van der Waals surface area (Å²) in [5.41, 5.74) is 1.17. The number of nitrogens with zero attached hydrogens (tertiary/aromatic N) is 2. The van der Waals surface area contributed by atoms with E-state index in [1.54, 1.807) is 17.0 Å². The number of likely N-dealkylation sites (tertiary alicyclic amines) is 1. The van der Waals surface area contributed by atoms with Gasteiger partial charge in [0.25, 0.3) is 5.91 Å². The monoisotopic (exact) mass is 467 g/mol. The summed E-state index contributed by atoms with van der Waals surface area (Å²) in [5.74, 6) is -0.533. The van der Waals surface area contributed by atoms with Gasteiger partial charge in [-0.2, -0.15) is 5.26 Å². The summed E-state index contributed by atoms with van der Waals surface area (Å²) in [5, 5.41) is 16.5. The van der Waals surface area contributed by atoms with Crippen LogP contribution in [-0.2, 0) is 9.59 Å². The molecule has 33 heavy (non-hydrogen) atoms. The Bertz CT molecular complexity index is 1150. The highest BCUT2D eigenvalue weighted by Crippen LogP contribution is 2.43. The summed E-state index contributed by atoms with van der Waals surface area (Å²) in [6, 6.07) is 7.92. The lowest BCUT2D eigenvalue weighted by molar-refractivity contribution is -0.127. The summed E-state index contributed by atoms with van der Waals surface area (Å²) in [6.07, 6.45) is 3.85. The molecule has 3 aliphatic rings. The summed E-state index contributed by atoms with van der Waals surface area (Å²) >= 11 is 6.28. The first-order valence-electron chi connectivity index (χ1n) is 11.5. The number of hydrogen-bond donors (Lipinski definition) is 3. The third-order valence-corrected chi connectivity index (χ3v) is 7.75. The third-order valence-electron chi connectivity index (χ3n) is 7.42. The fourth-order valence-electron chi connectivity index (χ4n) is 5.79. The second-order valence-corrected chi connectivity index (χ2v) is 9.75. The van der Waals surface area contributed by atoms with Crippen LogP contribution in [0.1, 0.15) is 42.6 Å². The molecule has 3 heterocycles. The zero-order valence-corrected chi connectivity index (χ0v) is 18.9. The van der Waals surface area contributed by atoms with Crippen LogP contribution in [0.2, 0.25) is 5.02 Å². The van der Waals surface area contributed by atoms with Gasteiger partial charge in [0.15, 0.2) is 0 Å². The number of fused-ring (bicyclic) bond motifs is 2. The highest BCUT2D eigenvalue weighted by molar-refractivity contribution is 6.35. The quantitative estimate of drug-likeness (QED) is 0.626. The Labute approximate surface area is 196 Å². The molecule has 5 rings (SSSR count). The van der Waals surface area contributed by atoms with Crippen molar-refractivity contribution in [3.63, 3.8) is 0 Å². The lowest BCUT2D eigenvalue weighted by Crippen LogP contribution is -2.51. The van der Waals surface area contributed by atoms with Crippen molar-refractivity contribution in [1.29, 1.82) is 5.26 Å². The molecule has 2 aliphatic heterocycles. The van der Waals surface area contributed by atoms with E-state index in [-0.39, 0.29) is 41.9 Å². The Kier molecular flexibility index (Phi) is 5.75. The van der Waals surface area contributed by atoms with Gasteiger partial charge < -0.3 is 20.5 Å². The molecule has 3 unspecified atom stereocenters. The topological polar surface area (TPSA) is 118 Å². The summed E-state index contributed by atoms with van der Waals surface area (Å²) < 4.78 is 0. The first-order chi connectivity index (χ1) is 16.0. The maximum Gasteiger partial charge on any atom is 0.271 e. The molecule has 1 saturated carbocycles. The highest BCUT2D eigenvalue weighted by atomic mass is 35.5. The predicted octanol–water partition coefficient (Wildman–Crippen LogP) is 2.60. The van der Waals surface area contributed by atoms with Gasteiger partial charge in [0, 0.05) is 34.9 Å².